The first-order chi connectivity index (χ1) is 16.4. The number of aromatic nitrogens is 1. The van der Waals surface area contributed by atoms with Crippen LogP contribution in [0.4, 0.5) is 9.18 Å². The van der Waals surface area contributed by atoms with Crippen LogP contribution in [0.5, 0.6) is 0 Å². The number of carbonyl (C=O) groups is 2. The van der Waals surface area contributed by atoms with Gasteiger partial charge >= 0.3 is 12.1 Å². The summed E-state index contributed by atoms with van der Waals surface area (Å²) in [6, 6.07) is 10.8. The molecule has 3 aromatic rings. The van der Waals surface area contributed by atoms with Crippen LogP contribution in [0, 0.1) is 11.7 Å². The van der Waals surface area contributed by atoms with E-state index in [1.165, 1.54) is 25.3 Å². The van der Waals surface area contributed by atoms with Crippen LogP contribution in [0.25, 0.3) is 21.9 Å². The number of hydrogen-bond acceptors (Lipinski definition) is 5. The van der Waals surface area contributed by atoms with Crippen molar-refractivity contribution in [1.82, 2.24) is 9.88 Å². The maximum Gasteiger partial charge on any atom is 0.407 e. The Hall–Kier alpha value is -3.68. The number of fused-ring (bicyclic) bond motifs is 1. The summed E-state index contributed by atoms with van der Waals surface area (Å²) in [4.78, 5) is 38.3. The lowest BCUT2D eigenvalue weighted by Gasteiger charge is -2.23. The van der Waals surface area contributed by atoms with E-state index in [1.54, 1.807) is 49.6 Å². The summed E-state index contributed by atoms with van der Waals surface area (Å²) in [6.45, 7) is 9.43. The highest BCUT2D eigenvalue weighted by molar-refractivity contribution is 6.02. The SMILES string of the molecule is COC(=O)c1ccc2c(=O)n(CC(C)C)c(CNC(=O)OC(C)(C)C)c(-c3ccccc3F)c2c1. The van der Waals surface area contributed by atoms with Crippen molar-refractivity contribution in [1.29, 1.82) is 0 Å². The zero-order chi connectivity index (χ0) is 25.9. The Kier molecular flexibility index (Phi) is 7.63. The average molecular weight is 483 g/mol. The Bertz CT molecular complexity index is 1320. The van der Waals surface area contributed by atoms with Gasteiger partial charge in [0.2, 0.25) is 0 Å². The molecule has 7 nitrogen and oxygen atoms in total. The lowest BCUT2D eigenvalue weighted by atomic mass is 9.94. The lowest BCUT2D eigenvalue weighted by Crippen LogP contribution is -2.35. The topological polar surface area (TPSA) is 86.6 Å². The summed E-state index contributed by atoms with van der Waals surface area (Å²) in [6.07, 6.45) is -0.663. The van der Waals surface area contributed by atoms with Gasteiger partial charge in [-0.25, -0.2) is 14.0 Å². The van der Waals surface area contributed by atoms with Crippen molar-refractivity contribution in [2.45, 2.75) is 53.3 Å². The number of hydrogen-bond donors (Lipinski definition) is 1. The van der Waals surface area contributed by atoms with Crippen LogP contribution in [0.15, 0.2) is 47.3 Å². The van der Waals surface area contributed by atoms with E-state index in [2.05, 4.69) is 5.32 Å². The molecule has 0 fully saturated rings. The van der Waals surface area contributed by atoms with E-state index in [0.717, 1.165) is 0 Å². The van der Waals surface area contributed by atoms with Crippen molar-refractivity contribution >= 4 is 22.8 Å². The molecule has 0 spiro atoms. The average Bonchev–Trinajstić information content (AvgIpc) is 2.78. The number of nitrogens with zero attached hydrogens (tertiary/aromatic N) is 1. The highest BCUT2D eigenvalue weighted by Gasteiger charge is 2.23. The molecule has 0 unspecified atom stereocenters. The van der Waals surface area contributed by atoms with Crippen LogP contribution in [0.1, 0.15) is 50.7 Å². The largest absolute Gasteiger partial charge is 0.465 e. The molecule has 2 aromatic carbocycles. The first-order valence-corrected chi connectivity index (χ1v) is 11.4. The van der Waals surface area contributed by atoms with Crippen LogP contribution in [0.2, 0.25) is 0 Å². The number of alkyl carbamates (subject to hydrolysis) is 1. The van der Waals surface area contributed by atoms with E-state index in [0.29, 0.717) is 28.6 Å². The van der Waals surface area contributed by atoms with Gasteiger partial charge < -0.3 is 19.4 Å². The Labute approximate surface area is 203 Å². The van der Waals surface area contributed by atoms with Gasteiger partial charge in [-0.1, -0.05) is 32.0 Å². The summed E-state index contributed by atoms with van der Waals surface area (Å²) >= 11 is 0. The third-order valence-corrected chi connectivity index (χ3v) is 5.29. The molecule has 1 heterocycles. The van der Waals surface area contributed by atoms with E-state index >= 15 is 4.39 Å². The number of amides is 1. The molecule has 0 aliphatic heterocycles. The van der Waals surface area contributed by atoms with Crippen molar-refractivity contribution < 1.29 is 23.5 Å². The number of benzene rings is 2. The number of halogens is 1. The zero-order valence-corrected chi connectivity index (χ0v) is 20.9. The molecule has 1 amide bonds. The smallest absolute Gasteiger partial charge is 0.407 e. The first kappa shape index (κ1) is 25.9. The van der Waals surface area contributed by atoms with Gasteiger partial charge in [-0.15, -0.1) is 0 Å². The van der Waals surface area contributed by atoms with Crippen molar-refractivity contribution in [2.24, 2.45) is 5.92 Å². The highest BCUT2D eigenvalue weighted by atomic mass is 19.1. The molecule has 0 atom stereocenters. The molecule has 0 saturated heterocycles. The van der Waals surface area contributed by atoms with E-state index < -0.39 is 23.5 Å². The standard InChI is InChI=1S/C27H31FN2O5/c1-16(2)15-30-22(14-29-26(33)35-27(3,4)5)23(19-9-7-8-10-21(19)28)20-13-17(25(32)34-6)11-12-18(20)24(30)31/h7-13,16H,14-15H2,1-6H3,(H,29,33). The van der Waals surface area contributed by atoms with Crippen molar-refractivity contribution in [3.8, 4) is 11.1 Å². The Morgan fingerprint density at radius 2 is 1.77 bits per heavy atom. The quantitative estimate of drug-likeness (QED) is 0.484. The Morgan fingerprint density at radius 3 is 2.37 bits per heavy atom. The molecule has 0 saturated carbocycles. The number of esters is 1. The minimum Gasteiger partial charge on any atom is -0.465 e. The van der Waals surface area contributed by atoms with Crippen LogP contribution in [0.3, 0.4) is 0 Å². The number of methoxy groups -OCH3 is 1. The molecule has 0 aliphatic carbocycles. The predicted octanol–water partition coefficient (Wildman–Crippen LogP) is 5.27. The van der Waals surface area contributed by atoms with Gasteiger partial charge in [-0.3, -0.25) is 4.79 Å². The van der Waals surface area contributed by atoms with Gasteiger partial charge in [0, 0.05) is 28.8 Å². The highest BCUT2D eigenvalue weighted by Crippen LogP contribution is 2.33. The minimum atomic E-state index is -0.713. The second kappa shape index (κ2) is 10.3. The van der Waals surface area contributed by atoms with E-state index in [-0.39, 0.29) is 29.1 Å². The molecule has 0 aliphatic rings. The molecule has 1 aromatic heterocycles. The predicted molar refractivity (Wildman–Crippen MR) is 133 cm³/mol. The Morgan fingerprint density at radius 1 is 1.09 bits per heavy atom. The fourth-order valence-electron chi connectivity index (χ4n) is 3.92. The van der Waals surface area contributed by atoms with Crippen molar-refractivity contribution in [3.63, 3.8) is 0 Å². The molecule has 1 N–H and O–H groups in total. The van der Waals surface area contributed by atoms with E-state index in [1.807, 2.05) is 13.8 Å². The summed E-state index contributed by atoms with van der Waals surface area (Å²) in [5, 5.41) is 3.43. The van der Waals surface area contributed by atoms with Crippen LogP contribution in [-0.2, 0) is 22.6 Å². The molecule has 8 heteroatoms. The molecular weight excluding hydrogens is 451 g/mol. The summed E-state index contributed by atoms with van der Waals surface area (Å²) in [5.74, 6) is -0.982. The van der Waals surface area contributed by atoms with Gasteiger partial charge in [-0.2, -0.15) is 0 Å². The van der Waals surface area contributed by atoms with Crippen LogP contribution < -0.4 is 10.9 Å². The molecule has 3 rings (SSSR count). The second-order valence-electron chi connectivity index (χ2n) is 9.72. The lowest BCUT2D eigenvalue weighted by molar-refractivity contribution is 0.0521. The molecule has 186 valence electrons. The molecule has 35 heavy (non-hydrogen) atoms. The fourth-order valence-corrected chi connectivity index (χ4v) is 3.92. The maximum atomic E-state index is 15.1. The van der Waals surface area contributed by atoms with Crippen LogP contribution >= 0.6 is 0 Å². The van der Waals surface area contributed by atoms with E-state index in [9.17, 15) is 14.4 Å². The summed E-state index contributed by atoms with van der Waals surface area (Å²) in [7, 11) is 1.26. The normalized spacial score (nSPS) is 11.5. The number of rotatable bonds is 6. The number of pyridine rings is 1. The monoisotopic (exact) mass is 482 g/mol. The minimum absolute atomic E-state index is 0.0844. The van der Waals surface area contributed by atoms with Gasteiger partial charge in [0.15, 0.2) is 0 Å². The zero-order valence-electron chi connectivity index (χ0n) is 20.9. The second-order valence-corrected chi connectivity index (χ2v) is 9.72. The summed E-state index contributed by atoms with van der Waals surface area (Å²) in [5.41, 5.74) is 0.290. The van der Waals surface area contributed by atoms with Gasteiger partial charge in [0.1, 0.15) is 11.4 Å². The molecular formula is C27H31FN2O5. The van der Waals surface area contributed by atoms with Gasteiger partial charge in [0.05, 0.1) is 19.2 Å². The maximum absolute atomic E-state index is 15.1. The number of ether oxygens (including phenoxy) is 2. The fraction of sp³-hybridized carbons (Fsp3) is 0.370. The molecule has 0 bridgehead atoms. The van der Waals surface area contributed by atoms with E-state index in [4.69, 9.17) is 9.47 Å². The first-order valence-electron chi connectivity index (χ1n) is 11.4. The summed E-state index contributed by atoms with van der Waals surface area (Å²) < 4.78 is 26.9. The van der Waals surface area contributed by atoms with Gasteiger partial charge in [0.25, 0.3) is 5.56 Å². The number of carbonyl (C=O) groups excluding carboxylic acids is 2. The van der Waals surface area contributed by atoms with Crippen molar-refractivity contribution in [2.75, 3.05) is 7.11 Å². The third-order valence-electron chi connectivity index (χ3n) is 5.29. The van der Waals surface area contributed by atoms with Crippen LogP contribution in [-0.4, -0.2) is 29.3 Å². The van der Waals surface area contributed by atoms with Crippen molar-refractivity contribution in [3.05, 3.63) is 69.9 Å². The number of nitrogens with one attached hydrogen (secondary N) is 1. The third kappa shape index (κ3) is 5.88. The van der Waals surface area contributed by atoms with Gasteiger partial charge in [-0.05, 0) is 56.3 Å². The Balaban J connectivity index is 2.36. The molecule has 0 radical (unpaired) electrons.